The number of hydrogen-bond donors (Lipinski definition) is 2. The van der Waals surface area contributed by atoms with Crippen molar-refractivity contribution in [3.05, 3.63) is 47.5 Å². The highest BCUT2D eigenvalue weighted by atomic mass is 19.1. The van der Waals surface area contributed by atoms with Gasteiger partial charge in [-0.1, -0.05) is 12.1 Å². The first kappa shape index (κ1) is 13.1. The number of rotatable bonds is 3. The number of benzene rings is 1. The van der Waals surface area contributed by atoms with E-state index in [1.807, 2.05) is 0 Å². The van der Waals surface area contributed by atoms with Gasteiger partial charge in [0.25, 0.3) is 0 Å². The summed E-state index contributed by atoms with van der Waals surface area (Å²) in [5.41, 5.74) is 2.03. The van der Waals surface area contributed by atoms with Crippen LogP contribution in [0.1, 0.15) is 11.1 Å². The van der Waals surface area contributed by atoms with E-state index in [0.29, 0.717) is 17.8 Å². The van der Waals surface area contributed by atoms with Crippen molar-refractivity contribution in [3.63, 3.8) is 0 Å². The first-order valence-corrected chi connectivity index (χ1v) is 5.83. The summed E-state index contributed by atoms with van der Waals surface area (Å²) in [4.78, 5) is 11.6. The van der Waals surface area contributed by atoms with Gasteiger partial charge >= 0.3 is 6.03 Å². The van der Waals surface area contributed by atoms with Crippen LogP contribution in [0.2, 0.25) is 0 Å². The van der Waals surface area contributed by atoms with Crippen molar-refractivity contribution in [2.24, 2.45) is 7.05 Å². The van der Waals surface area contributed by atoms with Crippen LogP contribution in [0.5, 0.6) is 0 Å². The molecule has 0 fully saturated rings. The average Bonchev–Trinajstić information content (AvgIpc) is 2.76. The van der Waals surface area contributed by atoms with Gasteiger partial charge in [0.05, 0.1) is 11.9 Å². The number of hydrogen-bond acceptors (Lipinski definition) is 2. The number of urea groups is 1. The van der Waals surface area contributed by atoms with E-state index in [-0.39, 0.29) is 11.8 Å². The molecular formula is C13H15FN4O. The summed E-state index contributed by atoms with van der Waals surface area (Å²) in [5, 5.41) is 9.29. The number of aromatic nitrogens is 2. The Kier molecular flexibility index (Phi) is 3.79. The van der Waals surface area contributed by atoms with Gasteiger partial charge in [0, 0.05) is 19.8 Å². The summed E-state index contributed by atoms with van der Waals surface area (Å²) in [6.45, 7) is 2.03. The maximum absolute atomic E-state index is 13.1. The summed E-state index contributed by atoms with van der Waals surface area (Å²) in [6, 6.07) is 4.42. The van der Waals surface area contributed by atoms with Crippen LogP contribution in [0.15, 0.2) is 30.6 Å². The molecule has 1 heterocycles. The predicted octanol–water partition coefficient (Wildman–Crippen LogP) is 2.19. The Labute approximate surface area is 110 Å². The van der Waals surface area contributed by atoms with Crippen molar-refractivity contribution in [1.82, 2.24) is 15.1 Å². The zero-order valence-electron chi connectivity index (χ0n) is 10.8. The lowest BCUT2D eigenvalue weighted by Gasteiger charge is -2.07. The Bertz CT molecular complexity index is 594. The molecule has 0 radical (unpaired) electrons. The molecule has 100 valence electrons. The molecule has 2 N–H and O–H groups in total. The van der Waals surface area contributed by atoms with Crippen LogP contribution in [0.3, 0.4) is 0 Å². The van der Waals surface area contributed by atoms with E-state index in [2.05, 4.69) is 15.7 Å². The SMILES string of the molecule is Cc1cc(CNC(=O)Nc2cnn(C)c2)ccc1F. The van der Waals surface area contributed by atoms with E-state index >= 15 is 0 Å². The number of carbonyl (C=O) groups is 1. The molecular weight excluding hydrogens is 247 g/mol. The molecule has 0 aliphatic rings. The van der Waals surface area contributed by atoms with Crippen LogP contribution in [0, 0.1) is 12.7 Å². The van der Waals surface area contributed by atoms with Gasteiger partial charge in [-0.05, 0) is 24.1 Å². The van der Waals surface area contributed by atoms with E-state index in [1.54, 1.807) is 43.2 Å². The average molecular weight is 262 g/mol. The summed E-state index contributed by atoms with van der Waals surface area (Å²) in [7, 11) is 1.77. The minimum absolute atomic E-state index is 0.247. The largest absolute Gasteiger partial charge is 0.334 e. The number of carbonyl (C=O) groups excluding carboxylic acids is 1. The minimum Gasteiger partial charge on any atom is -0.334 e. The lowest BCUT2D eigenvalue weighted by atomic mass is 10.1. The molecule has 0 unspecified atom stereocenters. The Morgan fingerprint density at radius 2 is 2.26 bits per heavy atom. The van der Waals surface area contributed by atoms with Crippen molar-refractivity contribution in [2.75, 3.05) is 5.32 Å². The third-order valence-corrected chi connectivity index (χ3v) is 2.64. The molecule has 0 spiro atoms. The maximum atomic E-state index is 13.1. The molecule has 0 aliphatic carbocycles. The van der Waals surface area contributed by atoms with E-state index in [0.717, 1.165) is 5.56 Å². The normalized spacial score (nSPS) is 10.3. The molecule has 0 saturated heterocycles. The van der Waals surface area contributed by atoms with Gasteiger partial charge < -0.3 is 10.6 Å². The number of aryl methyl sites for hydroxylation is 2. The number of anilines is 1. The van der Waals surface area contributed by atoms with Gasteiger partial charge in [0.1, 0.15) is 5.82 Å². The number of nitrogens with one attached hydrogen (secondary N) is 2. The molecule has 19 heavy (non-hydrogen) atoms. The van der Waals surface area contributed by atoms with Gasteiger partial charge in [-0.2, -0.15) is 5.10 Å². The van der Waals surface area contributed by atoms with Gasteiger partial charge in [-0.25, -0.2) is 9.18 Å². The lowest BCUT2D eigenvalue weighted by Crippen LogP contribution is -2.28. The molecule has 2 rings (SSSR count). The molecule has 1 aromatic heterocycles. The molecule has 2 aromatic rings. The second-order valence-electron chi connectivity index (χ2n) is 4.29. The zero-order valence-corrected chi connectivity index (χ0v) is 10.8. The predicted molar refractivity (Wildman–Crippen MR) is 70.2 cm³/mol. The Hall–Kier alpha value is -2.37. The van der Waals surface area contributed by atoms with Crippen molar-refractivity contribution < 1.29 is 9.18 Å². The monoisotopic (exact) mass is 262 g/mol. The molecule has 0 saturated carbocycles. The molecule has 0 bridgehead atoms. The summed E-state index contributed by atoms with van der Waals surface area (Å²) in [5.74, 6) is -0.247. The Balaban J connectivity index is 1.88. The molecule has 6 heteroatoms. The number of nitrogens with zero attached hydrogens (tertiary/aromatic N) is 2. The van der Waals surface area contributed by atoms with E-state index in [9.17, 15) is 9.18 Å². The Morgan fingerprint density at radius 1 is 1.47 bits per heavy atom. The fourth-order valence-electron chi connectivity index (χ4n) is 1.66. The molecule has 0 atom stereocenters. The lowest BCUT2D eigenvalue weighted by molar-refractivity contribution is 0.251. The molecule has 1 aromatic carbocycles. The van der Waals surface area contributed by atoms with E-state index in [1.165, 1.54) is 6.07 Å². The second kappa shape index (κ2) is 5.51. The quantitative estimate of drug-likeness (QED) is 0.890. The van der Waals surface area contributed by atoms with Crippen LogP contribution < -0.4 is 10.6 Å². The third-order valence-electron chi connectivity index (χ3n) is 2.64. The summed E-state index contributed by atoms with van der Waals surface area (Å²) < 4.78 is 14.7. The van der Waals surface area contributed by atoms with Gasteiger partial charge in [-0.15, -0.1) is 0 Å². The summed E-state index contributed by atoms with van der Waals surface area (Å²) in [6.07, 6.45) is 3.25. The fourth-order valence-corrected chi connectivity index (χ4v) is 1.66. The first-order chi connectivity index (χ1) is 9.04. The highest BCUT2D eigenvalue weighted by Gasteiger charge is 2.04. The highest BCUT2D eigenvalue weighted by Crippen LogP contribution is 2.09. The van der Waals surface area contributed by atoms with Crippen LogP contribution in [0.25, 0.3) is 0 Å². The smallest absolute Gasteiger partial charge is 0.319 e. The van der Waals surface area contributed by atoms with Crippen molar-refractivity contribution in [3.8, 4) is 0 Å². The summed E-state index contributed by atoms with van der Waals surface area (Å²) >= 11 is 0. The van der Waals surface area contributed by atoms with Crippen LogP contribution in [-0.2, 0) is 13.6 Å². The van der Waals surface area contributed by atoms with Crippen LogP contribution in [0.4, 0.5) is 14.9 Å². The third kappa shape index (κ3) is 3.54. The topological polar surface area (TPSA) is 59.0 Å². The molecule has 0 aliphatic heterocycles. The molecule has 2 amide bonds. The van der Waals surface area contributed by atoms with Gasteiger partial charge in [-0.3, -0.25) is 4.68 Å². The second-order valence-corrected chi connectivity index (χ2v) is 4.29. The van der Waals surface area contributed by atoms with Crippen LogP contribution >= 0.6 is 0 Å². The van der Waals surface area contributed by atoms with Crippen molar-refractivity contribution >= 4 is 11.7 Å². The van der Waals surface area contributed by atoms with Crippen molar-refractivity contribution in [1.29, 1.82) is 0 Å². The standard InChI is InChI=1S/C13H15FN4O/c1-9-5-10(3-4-12(9)14)6-15-13(19)17-11-7-16-18(2)8-11/h3-5,7-8H,6H2,1-2H3,(H2,15,17,19). The number of amides is 2. The van der Waals surface area contributed by atoms with E-state index < -0.39 is 0 Å². The van der Waals surface area contributed by atoms with Crippen LogP contribution in [-0.4, -0.2) is 15.8 Å². The highest BCUT2D eigenvalue weighted by molar-refractivity contribution is 5.88. The fraction of sp³-hybridized carbons (Fsp3) is 0.231. The van der Waals surface area contributed by atoms with E-state index in [4.69, 9.17) is 0 Å². The van der Waals surface area contributed by atoms with Crippen molar-refractivity contribution in [2.45, 2.75) is 13.5 Å². The molecule has 5 nitrogen and oxygen atoms in total. The zero-order chi connectivity index (χ0) is 13.8. The minimum atomic E-state index is -0.324. The Morgan fingerprint density at radius 3 is 2.89 bits per heavy atom. The van der Waals surface area contributed by atoms with Gasteiger partial charge in [0.2, 0.25) is 0 Å². The number of halogens is 1. The first-order valence-electron chi connectivity index (χ1n) is 5.83. The van der Waals surface area contributed by atoms with Gasteiger partial charge in [0.15, 0.2) is 0 Å². The maximum Gasteiger partial charge on any atom is 0.319 e.